The molecule has 0 saturated heterocycles. The van der Waals surface area contributed by atoms with Gasteiger partial charge in [-0.05, 0) is 31.4 Å². The van der Waals surface area contributed by atoms with Crippen LogP contribution >= 0.6 is 11.3 Å². The van der Waals surface area contributed by atoms with Gasteiger partial charge in [0.2, 0.25) is 0 Å². The molecule has 1 heterocycles. The molecule has 0 unspecified atom stereocenters. The van der Waals surface area contributed by atoms with Crippen molar-refractivity contribution in [1.82, 2.24) is 0 Å². The Balaban J connectivity index is 2.38. The van der Waals surface area contributed by atoms with Crippen LogP contribution in [-0.2, 0) is 0 Å². The Labute approximate surface area is 94.8 Å². The first-order valence-electron chi connectivity index (χ1n) is 5.17. The van der Waals surface area contributed by atoms with E-state index >= 15 is 0 Å². The summed E-state index contributed by atoms with van der Waals surface area (Å²) in [7, 11) is 0. The summed E-state index contributed by atoms with van der Waals surface area (Å²) < 4.78 is 0. The number of anilines is 1. The molecule has 0 aliphatic carbocycles. The Kier molecular flexibility index (Phi) is 3.07. The number of hydrogen-bond acceptors (Lipinski definition) is 2. The fraction of sp³-hybridized carbons (Fsp3) is 0.231. The van der Waals surface area contributed by atoms with Crippen molar-refractivity contribution in [3.63, 3.8) is 0 Å². The zero-order chi connectivity index (χ0) is 10.7. The summed E-state index contributed by atoms with van der Waals surface area (Å²) in [5.41, 5.74) is 2.51. The smallest absolute Gasteiger partial charge is 0.0430 e. The number of para-hydroxylation sites is 1. The zero-order valence-corrected chi connectivity index (χ0v) is 9.84. The van der Waals surface area contributed by atoms with Gasteiger partial charge >= 0.3 is 0 Å². The molecular formula is C13H15NS. The van der Waals surface area contributed by atoms with E-state index in [2.05, 4.69) is 60.9 Å². The predicted molar refractivity (Wildman–Crippen MR) is 68.5 cm³/mol. The molecule has 0 spiro atoms. The molecule has 0 atom stereocenters. The van der Waals surface area contributed by atoms with Crippen molar-refractivity contribution in [1.29, 1.82) is 0 Å². The molecule has 2 aromatic rings. The second kappa shape index (κ2) is 4.49. The number of benzene rings is 1. The lowest BCUT2D eigenvalue weighted by Gasteiger charge is -2.13. The Morgan fingerprint density at radius 2 is 1.87 bits per heavy atom. The van der Waals surface area contributed by atoms with E-state index in [-0.39, 0.29) is 0 Å². The average Bonchev–Trinajstić information content (AvgIpc) is 2.70. The van der Waals surface area contributed by atoms with E-state index in [0.717, 1.165) is 0 Å². The lowest BCUT2D eigenvalue weighted by molar-refractivity contribution is 0.900. The monoisotopic (exact) mass is 217 g/mol. The van der Waals surface area contributed by atoms with Gasteiger partial charge in [0.15, 0.2) is 0 Å². The molecule has 78 valence electrons. The lowest BCUT2D eigenvalue weighted by atomic mass is 10.1. The van der Waals surface area contributed by atoms with Crippen LogP contribution in [0.3, 0.4) is 0 Å². The van der Waals surface area contributed by atoms with Gasteiger partial charge in [-0.25, -0.2) is 0 Å². The summed E-state index contributed by atoms with van der Waals surface area (Å²) in [4.78, 5) is 1.32. The fourth-order valence-electron chi connectivity index (χ4n) is 1.57. The van der Waals surface area contributed by atoms with Crippen molar-refractivity contribution in [3.05, 3.63) is 41.8 Å². The van der Waals surface area contributed by atoms with Gasteiger partial charge in [0.05, 0.1) is 0 Å². The quantitative estimate of drug-likeness (QED) is 0.811. The molecular weight excluding hydrogens is 202 g/mol. The summed E-state index contributed by atoms with van der Waals surface area (Å²) in [6.45, 7) is 4.32. The van der Waals surface area contributed by atoms with Crippen molar-refractivity contribution >= 4 is 17.0 Å². The first-order valence-corrected chi connectivity index (χ1v) is 6.05. The maximum Gasteiger partial charge on any atom is 0.0430 e. The van der Waals surface area contributed by atoms with Crippen molar-refractivity contribution in [2.24, 2.45) is 0 Å². The summed E-state index contributed by atoms with van der Waals surface area (Å²) in [6.07, 6.45) is 0. The molecule has 0 aliphatic rings. The minimum absolute atomic E-state index is 0.464. The van der Waals surface area contributed by atoms with Gasteiger partial charge in [-0.2, -0.15) is 0 Å². The van der Waals surface area contributed by atoms with E-state index in [1.54, 1.807) is 11.3 Å². The number of nitrogens with one attached hydrogen (secondary N) is 1. The Morgan fingerprint density at radius 3 is 2.53 bits per heavy atom. The summed E-state index contributed by atoms with van der Waals surface area (Å²) in [5.74, 6) is 0. The SMILES string of the molecule is CC(C)Nc1ccccc1-c1cccs1. The Bertz CT molecular complexity index is 418. The van der Waals surface area contributed by atoms with Gasteiger partial charge in [0.25, 0.3) is 0 Å². The highest BCUT2D eigenvalue weighted by atomic mass is 32.1. The van der Waals surface area contributed by atoms with Gasteiger partial charge in [-0.15, -0.1) is 11.3 Å². The highest BCUT2D eigenvalue weighted by Crippen LogP contribution is 2.31. The Morgan fingerprint density at radius 1 is 1.07 bits per heavy atom. The molecule has 0 saturated carbocycles. The van der Waals surface area contributed by atoms with E-state index in [1.807, 2.05) is 0 Å². The van der Waals surface area contributed by atoms with Crippen molar-refractivity contribution < 1.29 is 0 Å². The highest BCUT2D eigenvalue weighted by Gasteiger charge is 2.05. The molecule has 0 amide bonds. The summed E-state index contributed by atoms with van der Waals surface area (Å²) in [5, 5.41) is 5.58. The van der Waals surface area contributed by atoms with E-state index in [4.69, 9.17) is 0 Å². The molecule has 0 radical (unpaired) electrons. The van der Waals surface area contributed by atoms with Crippen LogP contribution in [0.15, 0.2) is 41.8 Å². The fourth-order valence-corrected chi connectivity index (χ4v) is 2.33. The van der Waals surface area contributed by atoms with E-state index in [1.165, 1.54) is 16.1 Å². The number of hydrogen-bond donors (Lipinski definition) is 1. The maximum atomic E-state index is 3.47. The van der Waals surface area contributed by atoms with Crippen LogP contribution in [0.1, 0.15) is 13.8 Å². The number of rotatable bonds is 3. The Hall–Kier alpha value is -1.28. The van der Waals surface area contributed by atoms with Crippen molar-refractivity contribution in [2.45, 2.75) is 19.9 Å². The first-order chi connectivity index (χ1) is 7.27. The normalized spacial score (nSPS) is 10.6. The third-order valence-electron chi connectivity index (χ3n) is 2.16. The summed E-state index contributed by atoms with van der Waals surface area (Å²) >= 11 is 1.78. The maximum absolute atomic E-state index is 3.47. The molecule has 1 aromatic heterocycles. The second-order valence-electron chi connectivity index (χ2n) is 3.82. The third-order valence-corrected chi connectivity index (χ3v) is 3.06. The molecule has 1 nitrogen and oxygen atoms in total. The molecule has 0 fully saturated rings. The van der Waals surface area contributed by atoms with Gasteiger partial charge in [-0.1, -0.05) is 24.3 Å². The second-order valence-corrected chi connectivity index (χ2v) is 4.77. The molecule has 0 bridgehead atoms. The van der Waals surface area contributed by atoms with Crippen LogP contribution < -0.4 is 5.32 Å². The van der Waals surface area contributed by atoms with Crippen LogP contribution in [0.5, 0.6) is 0 Å². The van der Waals surface area contributed by atoms with Crippen LogP contribution in [0.4, 0.5) is 5.69 Å². The van der Waals surface area contributed by atoms with Crippen LogP contribution in [0, 0.1) is 0 Å². The molecule has 1 N–H and O–H groups in total. The minimum atomic E-state index is 0.464. The standard InChI is InChI=1S/C13H15NS/c1-10(2)14-12-7-4-3-6-11(12)13-8-5-9-15-13/h3-10,14H,1-2H3. The van der Waals surface area contributed by atoms with Crippen molar-refractivity contribution in [2.75, 3.05) is 5.32 Å². The molecule has 2 heteroatoms. The molecule has 1 aromatic carbocycles. The highest BCUT2D eigenvalue weighted by molar-refractivity contribution is 7.13. The lowest BCUT2D eigenvalue weighted by Crippen LogP contribution is -2.10. The minimum Gasteiger partial charge on any atom is -0.382 e. The molecule has 2 rings (SSSR count). The summed E-state index contributed by atoms with van der Waals surface area (Å²) in [6, 6.07) is 13.2. The van der Waals surface area contributed by atoms with Gasteiger partial charge in [-0.3, -0.25) is 0 Å². The van der Waals surface area contributed by atoms with E-state index in [9.17, 15) is 0 Å². The van der Waals surface area contributed by atoms with Gasteiger partial charge < -0.3 is 5.32 Å². The molecule has 0 aliphatic heterocycles. The largest absolute Gasteiger partial charge is 0.382 e. The van der Waals surface area contributed by atoms with E-state index in [0.29, 0.717) is 6.04 Å². The zero-order valence-electron chi connectivity index (χ0n) is 9.03. The average molecular weight is 217 g/mol. The van der Waals surface area contributed by atoms with Gasteiger partial charge in [0.1, 0.15) is 0 Å². The molecule has 15 heavy (non-hydrogen) atoms. The van der Waals surface area contributed by atoms with Crippen LogP contribution in [0.25, 0.3) is 10.4 Å². The van der Waals surface area contributed by atoms with Gasteiger partial charge in [0, 0.05) is 22.2 Å². The predicted octanol–water partition coefficient (Wildman–Crippen LogP) is 4.24. The van der Waals surface area contributed by atoms with Crippen LogP contribution in [-0.4, -0.2) is 6.04 Å². The van der Waals surface area contributed by atoms with Crippen LogP contribution in [0.2, 0.25) is 0 Å². The topological polar surface area (TPSA) is 12.0 Å². The first kappa shape index (κ1) is 10.2. The third kappa shape index (κ3) is 2.39. The van der Waals surface area contributed by atoms with E-state index < -0.39 is 0 Å². The number of thiophene rings is 1. The van der Waals surface area contributed by atoms with Crippen molar-refractivity contribution in [3.8, 4) is 10.4 Å².